The van der Waals surface area contributed by atoms with Crippen molar-refractivity contribution in [2.24, 2.45) is 0 Å². The monoisotopic (exact) mass is 385 g/mol. The van der Waals surface area contributed by atoms with Gasteiger partial charge in [-0.3, -0.25) is 0 Å². The van der Waals surface area contributed by atoms with Gasteiger partial charge in [-0.05, 0) is 30.2 Å². The van der Waals surface area contributed by atoms with Crippen LogP contribution in [0.1, 0.15) is 18.1 Å². The standard InChI is InChI=1S/C17H19ClF3N5/c1-2-11-9-12(26-7-5-22-6-8-26)3-4-14(11)24-16-23-10-13(15(18)25-16)17(19,20)21/h3-4,9-10,22H,2,5-8H2,1H3,(H,23,24,25). The first-order valence-corrected chi connectivity index (χ1v) is 8.71. The van der Waals surface area contributed by atoms with Crippen LogP contribution >= 0.6 is 11.6 Å². The fraction of sp³-hybridized carbons (Fsp3) is 0.412. The summed E-state index contributed by atoms with van der Waals surface area (Å²) in [6, 6.07) is 5.96. The molecule has 26 heavy (non-hydrogen) atoms. The second-order valence-corrected chi connectivity index (χ2v) is 6.31. The Morgan fingerprint density at radius 1 is 1.27 bits per heavy atom. The van der Waals surface area contributed by atoms with Crippen molar-refractivity contribution in [3.63, 3.8) is 0 Å². The first-order valence-electron chi connectivity index (χ1n) is 8.34. The SMILES string of the molecule is CCc1cc(N2CCNCC2)ccc1Nc1ncc(C(F)(F)F)c(Cl)n1. The molecule has 5 nitrogen and oxygen atoms in total. The average Bonchev–Trinajstić information content (AvgIpc) is 2.62. The third kappa shape index (κ3) is 4.19. The molecule has 1 saturated heterocycles. The number of nitrogens with one attached hydrogen (secondary N) is 2. The van der Waals surface area contributed by atoms with Gasteiger partial charge >= 0.3 is 6.18 Å². The van der Waals surface area contributed by atoms with E-state index in [2.05, 4.69) is 31.6 Å². The van der Waals surface area contributed by atoms with Crippen molar-refractivity contribution in [1.82, 2.24) is 15.3 Å². The molecule has 0 saturated carbocycles. The minimum absolute atomic E-state index is 0.0348. The second kappa shape index (κ2) is 7.67. The summed E-state index contributed by atoms with van der Waals surface area (Å²) in [5.74, 6) is 0.0348. The van der Waals surface area contributed by atoms with E-state index in [0.717, 1.165) is 49.5 Å². The third-order valence-corrected chi connectivity index (χ3v) is 4.53. The number of piperazine rings is 1. The molecule has 140 valence electrons. The molecule has 0 atom stereocenters. The molecule has 9 heteroatoms. The first-order chi connectivity index (χ1) is 12.4. The average molecular weight is 386 g/mol. The number of hydrogen-bond acceptors (Lipinski definition) is 5. The summed E-state index contributed by atoms with van der Waals surface area (Å²) >= 11 is 5.66. The highest BCUT2D eigenvalue weighted by Gasteiger charge is 2.34. The molecule has 0 radical (unpaired) electrons. The van der Waals surface area contributed by atoms with Crippen molar-refractivity contribution in [2.45, 2.75) is 19.5 Å². The first kappa shape index (κ1) is 18.7. The van der Waals surface area contributed by atoms with E-state index in [1.54, 1.807) is 0 Å². The number of halogens is 4. The molecule has 0 spiro atoms. The maximum atomic E-state index is 12.8. The highest BCUT2D eigenvalue weighted by molar-refractivity contribution is 6.30. The molecule has 1 fully saturated rings. The van der Waals surface area contributed by atoms with Gasteiger partial charge in [-0.15, -0.1) is 0 Å². The summed E-state index contributed by atoms with van der Waals surface area (Å²) in [6.07, 6.45) is -3.12. The number of alkyl halides is 3. The van der Waals surface area contributed by atoms with Crippen molar-refractivity contribution >= 4 is 28.9 Å². The number of anilines is 3. The zero-order chi connectivity index (χ0) is 18.7. The zero-order valence-corrected chi connectivity index (χ0v) is 15.0. The summed E-state index contributed by atoms with van der Waals surface area (Å²) in [5.41, 5.74) is 1.86. The van der Waals surface area contributed by atoms with Gasteiger partial charge in [-0.2, -0.15) is 13.2 Å². The molecule has 1 aromatic carbocycles. The lowest BCUT2D eigenvalue weighted by molar-refractivity contribution is -0.137. The van der Waals surface area contributed by atoms with Gasteiger partial charge in [0.15, 0.2) is 0 Å². The minimum Gasteiger partial charge on any atom is -0.369 e. The van der Waals surface area contributed by atoms with Crippen LogP contribution in [0.15, 0.2) is 24.4 Å². The molecule has 1 aromatic heterocycles. The quantitative estimate of drug-likeness (QED) is 0.783. The molecular formula is C17H19ClF3N5. The van der Waals surface area contributed by atoms with Crippen LogP contribution < -0.4 is 15.5 Å². The molecule has 1 aliphatic rings. The molecule has 2 N–H and O–H groups in total. The van der Waals surface area contributed by atoms with E-state index in [4.69, 9.17) is 11.6 Å². The van der Waals surface area contributed by atoms with Crippen LogP contribution in [0.5, 0.6) is 0 Å². The van der Waals surface area contributed by atoms with Crippen molar-refractivity contribution in [3.05, 3.63) is 40.7 Å². The van der Waals surface area contributed by atoms with E-state index >= 15 is 0 Å². The van der Waals surface area contributed by atoms with Gasteiger partial charge in [-0.25, -0.2) is 9.97 Å². The number of nitrogens with zero attached hydrogens (tertiary/aromatic N) is 3. The summed E-state index contributed by atoms with van der Waals surface area (Å²) in [5, 5.41) is 5.66. The summed E-state index contributed by atoms with van der Waals surface area (Å²) < 4.78 is 38.3. The summed E-state index contributed by atoms with van der Waals surface area (Å²) in [4.78, 5) is 9.77. The highest BCUT2D eigenvalue weighted by atomic mass is 35.5. The van der Waals surface area contributed by atoms with Gasteiger partial charge in [0, 0.05) is 43.8 Å². The van der Waals surface area contributed by atoms with Gasteiger partial charge in [-0.1, -0.05) is 18.5 Å². The summed E-state index contributed by atoms with van der Waals surface area (Å²) in [6.45, 7) is 5.78. The topological polar surface area (TPSA) is 53.1 Å². The Kier molecular flexibility index (Phi) is 5.52. The lowest BCUT2D eigenvalue weighted by Gasteiger charge is -2.30. The van der Waals surface area contributed by atoms with E-state index < -0.39 is 16.9 Å². The fourth-order valence-corrected chi connectivity index (χ4v) is 3.08. The predicted octanol–water partition coefficient (Wildman–Crippen LogP) is 3.86. The van der Waals surface area contributed by atoms with Crippen LogP contribution in [-0.2, 0) is 12.6 Å². The van der Waals surface area contributed by atoms with Gasteiger partial charge < -0.3 is 15.5 Å². The van der Waals surface area contributed by atoms with E-state index in [0.29, 0.717) is 6.20 Å². The van der Waals surface area contributed by atoms with Crippen LogP contribution in [0.4, 0.5) is 30.5 Å². The van der Waals surface area contributed by atoms with Gasteiger partial charge in [0.1, 0.15) is 10.7 Å². The predicted molar refractivity (Wildman–Crippen MR) is 96.2 cm³/mol. The van der Waals surface area contributed by atoms with E-state index in [-0.39, 0.29) is 5.95 Å². The van der Waals surface area contributed by atoms with Gasteiger partial charge in [0.25, 0.3) is 0 Å². The van der Waals surface area contributed by atoms with Gasteiger partial charge in [0.2, 0.25) is 5.95 Å². The van der Waals surface area contributed by atoms with Crippen LogP contribution in [0.3, 0.4) is 0 Å². The Bertz CT molecular complexity index is 775. The number of hydrogen-bond donors (Lipinski definition) is 2. The third-order valence-electron chi connectivity index (χ3n) is 4.25. The van der Waals surface area contributed by atoms with E-state index in [9.17, 15) is 13.2 Å². The van der Waals surface area contributed by atoms with Crippen molar-refractivity contribution < 1.29 is 13.2 Å². The Morgan fingerprint density at radius 3 is 2.62 bits per heavy atom. The Hall–Kier alpha value is -2.06. The normalized spacial score (nSPS) is 15.2. The maximum Gasteiger partial charge on any atom is 0.420 e. The second-order valence-electron chi connectivity index (χ2n) is 5.95. The molecular weight excluding hydrogens is 367 g/mol. The minimum atomic E-state index is -4.57. The van der Waals surface area contributed by atoms with Crippen LogP contribution in [0.2, 0.25) is 5.15 Å². The van der Waals surface area contributed by atoms with Crippen molar-refractivity contribution in [2.75, 3.05) is 36.4 Å². The van der Waals surface area contributed by atoms with E-state index in [1.807, 2.05) is 19.1 Å². The Labute approximate surface area is 154 Å². The lowest BCUT2D eigenvalue weighted by atomic mass is 10.1. The molecule has 0 unspecified atom stereocenters. The van der Waals surface area contributed by atoms with Crippen LogP contribution in [0.25, 0.3) is 0 Å². The number of rotatable bonds is 4. The number of aromatic nitrogens is 2. The molecule has 0 amide bonds. The molecule has 1 aliphatic heterocycles. The van der Waals surface area contributed by atoms with Crippen molar-refractivity contribution in [1.29, 1.82) is 0 Å². The molecule has 3 rings (SSSR count). The molecule has 0 bridgehead atoms. The number of aryl methyl sites for hydroxylation is 1. The Balaban J connectivity index is 1.82. The molecule has 0 aliphatic carbocycles. The van der Waals surface area contributed by atoms with Crippen molar-refractivity contribution in [3.8, 4) is 0 Å². The largest absolute Gasteiger partial charge is 0.420 e. The maximum absolute atomic E-state index is 12.8. The lowest BCUT2D eigenvalue weighted by Crippen LogP contribution is -2.43. The van der Waals surface area contributed by atoms with Crippen LogP contribution in [-0.4, -0.2) is 36.1 Å². The zero-order valence-electron chi connectivity index (χ0n) is 14.2. The Morgan fingerprint density at radius 2 is 2.00 bits per heavy atom. The number of benzene rings is 1. The molecule has 2 heterocycles. The molecule has 2 aromatic rings. The fourth-order valence-electron chi connectivity index (χ4n) is 2.85. The smallest absolute Gasteiger partial charge is 0.369 e. The summed E-state index contributed by atoms with van der Waals surface area (Å²) in [7, 11) is 0. The van der Waals surface area contributed by atoms with Gasteiger partial charge in [0.05, 0.1) is 0 Å². The van der Waals surface area contributed by atoms with E-state index in [1.165, 1.54) is 0 Å². The van der Waals surface area contributed by atoms with Crippen LogP contribution in [0, 0.1) is 0 Å². The highest BCUT2D eigenvalue weighted by Crippen LogP contribution is 2.34.